The van der Waals surface area contributed by atoms with Gasteiger partial charge in [0.05, 0.1) is 0 Å². The van der Waals surface area contributed by atoms with Gasteiger partial charge < -0.3 is 10.3 Å². The van der Waals surface area contributed by atoms with E-state index in [1.807, 2.05) is 4.90 Å². The van der Waals surface area contributed by atoms with E-state index in [2.05, 4.69) is 0 Å². The molecule has 0 aromatic heterocycles. The van der Waals surface area contributed by atoms with Gasteiger partial charge in [-0.3, -0.25) is 4.79 Å². The lowest BCUT2D eigenvalue weighted by atomic mass is 10.1. The van der Waals surface area contributed by atoms with Crippen LogP contribution in [-0.2, 0) is 4.79 Å². The number of nitrogens with one attached hydrogen (secondary N) is 1. The van der Waals surface area contributed by atoms with E-state index in [9.17, 15) is 4.79 Å². The largest absolute Gasteiger partial charge is 0.339 e. The highest BCUT2D eigenvalue weighted by atomic mass is 16.2. The molecule has 0 radical (unpaired) electrons. The lowest BCUT2D eigenvalue weighted by Crippen LogP contribution is -2.34. The number of carbonyl (C=O) groups is 1. The van der Waals surface area contributed by atoms with Gasteiger partial charge in [-0.15, -0.1) is 0 Å². The molecule has 1 aliphatic rings. The first-order valence-corrected chi connectivity index (χ1v) is 4.30. The maximum Gasteiger partial charge on any atom is 0.246 e. The van der Waals surface area contributed by atoms with Crippen molar-refractivity contribution in [3.05, 3.63) is 12.2 Å². The number of piperidine rings is 1. The third-order valence-corrected chi connectivity index (χ3v) is 2.00. The molecule has 1 heterocycles. The van der Waals surface area contributed by atoms with Crippen LogP contribution in [0, 0.1) is 5.41 Å². The molecule has 1 fully saturated rings. The van der Waals surface area contributed by atoms with Gasteiger partial charge in [0.15, 0.2) is 0 Å². The fraction of sp³-hybridized carbons (Fsp3) is 0.556. The predicted molar refractivity (Wildman–Crippen MR) is 48.4 cm³/mol. The molecule has 3 heteroatoms. The molecule has 1 N–H and O–H groups in total. The van der Waals surface area contributed by atoms with Gasteiger partial charge in [0, 0.05) is 25.4 Å². The molecular formula is C9H14N2O. The minimum absolute atomic E-state index is 0.0400. The number of rotatable bonds is 2. The number of likely N-dealkylation sites (tertiary alicyclic amines) is 1. The van der Waals surface area contributed by atoms with Crippen molar-refractivity contribution in [1.82, 2.24) is 4.90 Å². The summed E-state index contributed by atoms with van der Waals surface area (Å²) in [5.74, 6) is 0.0400. The smallest absolute Gasteiger partial charge is 0.246 e. The first-order chi connectivity index (χ1) is 5.84. The molecule has 12 heavy (non-hydrogen) atoms. The van der Waals surface area contributed by atoms with Gasteiger partial charge in [0.2, 0.25) is 5.91 Å². The van der Waals surface area contributed by atoms with E-state index in [-0.39, 0.29) is 5.91 Å². The number of allylic oxidation sites excluding steroid dienone is 1. The van der Waals surface area contributed by atoms with E-state index < -0.39 is 0 Å². The molecule has 0 bridgehead atoms. The van der Waals surface area contributed by atoms with Crippen LogP contribution in [0.4, 0.5) is 0 Å². The Hall–Kier alpha value is -1.12. The molecule has 0 aromatic rings. The number of nitrogens with zero attached hydrogens (tertiary/aromatic N) is 1. The van der Waals surface area contributed by atoms with Crippen molar-refractivity contribution in [3.8, 4) is 0 Å². The van der Waals surface area contributed by atoms with Crippen molar-refractivity contribution < 1.29 is 4.79 Å². The zero-order chi connectivity index (χ0) is 8.81. The normalized spacial score (nSPS) is 18.2. The monoisotopic (exact) mass is 166 g/mol. The Kier molecular flexibility index (Phi) is 3.51. The molecular weight excluding hydrogens is 152 g/mol. The average Bonchev–Trinajstić information content (AvgIpc) is 2.15. The van der Waals surface area contributed by atoms with E-state index in [0.717, 1.165) is 32.1 Å². The maximum absolute atomic E-state index is 11.3. The second kappa shape index (κ2) is 4.70. The Bertz CT molecular complexity index is 193. The van der Waals surface area contributed by atoms with Crippen LogP contribution >= 0.6 is 0 Å². The summed E-state index contributed by atoms with van der Waals surface area (Å²) in [4.78, 5) is 13.1. The number of hydrogen-bond donors (Lipinski definition) is 1. The molecule has 0 unspecified atom stereocenters. The quantitative estimate of drug-likeness (QED) is 0.486. The van der Waals surface area contributed by atoms with Crippen molar-refractivity contribution in [1.29, 1.82) is 5.41 Å². The fourth-order valence-electron chi connectivity index (χ4n) is 1.35. The molecule has 1 aliphatic heterocycles. The number of hydrogen-bond acceptors (Lipinski definition) is 2. The van der Waals surface area contributed by atoms with Crippen LogP contribution < -0.4 is 0 Å². The molecule has 3 nitrogen and oxygen atoms in total. The van der Waals surface area contributed by atoms with Crippen molar-refractivity contribution in [2.45, 2.75) is 19.3 Å². The van der Waals surface area contributed by atoms with Gasteiger partial charge in [0.1, 0.15) is 0 Å². The van der Waals surface area contributed by atoms with Gasteiger partial charge in [-0.2, -0.15) is 0 Å². The molecule has 66 valence electrons. The molecule has 1 amide bonds. The highest BCUT2D eigenvalue weighted by Gasteiger charge is 2.12. The summed E-state index contributed by atoms with van der Waals surface area (Å²) in [7, 11) is 0. The average molecular weight is 166 g/mol. The first-order valence-electron chi connectivity index (χ1n) is 4.30. The zero-order valence-corrected chi connectivity index (χ0v) is 7.12. The molecule has 1 saturated heterocycles. The summed E-state index contributed by atoms with van der Waals surface area (Å²) in [5.41, 5.74) is 0. The van der Waals surface area contributed by atoms with E-state index in [1.165, 1.54) is 18.6 Å². The Morgan fingerprint density at radius 1 is 1.25 bits per heavy atom. The third kappa shape index (κ3) is 2.49. The van der Waals surface area contributed by atoms with Crippen molar-refractivity contribution in [2.24, 2.45) is 0 Å². The molecule has 0 spiro atoms. The first kappa shape index (κ1) is 8.97. The van der Waals surface area contributed by atoms with Gasteiger partial charge in [-0.05, 0) is 25.3 Å². The van der Waals surface area contributed by atoms with E-state index in [1.54, 1.807) is 0 Å². The number of amides is 1. The Morgan fingerprint density at radius 2 is 1.92 bits per heavy atom. The van der Waals surface area contributed by atoms with Crippen molar-refractivity contribution in [2.75, 3.05) is 13.1 Å². The Labute approximate surface area is 72.6 Å². The summed E-state index contributed by atoms with van der Waals surface area (Å²) in [5, 5.41) is 6.73. The second-order valence-corrected chi connectivity index (χ2v) is 2.91. The minimum atomic E-state index is 0.0400. The van der Waals surface area contributed by atoms with Crippen LogP contribution in [0.2, 0.25) is 0 Å². The Morgan fingerprint density at radius 3 is 2.50 bits per heavy atom. The van der Waals surface area contributed by atoms with Gasteiger partial charge in [-0.25, -0.2) is 0 Å². The topological polar surface area (TPSA) is 44.2 Å². The van der Waals surface area contributed by atoms with Gasteiger partial charge >= 0.3 is 0 Å². The summed E-state index contributed by atoms with van der Waals surface area (Å²) < 4.78 is 0. The number of carbonyl (C=O) groups excluding carboxylic acids is 1. The third-order valence-electron chi connectivity index (χ3n) is 2.00. The van der Waals surface area contributed by atoms with E-state index in [4.69, 9.17) is 5.41 Å². The van der Waals surface area contributed by atoms with Crippen LogP contribution in [0.5, 0.6) is 0 Å². The lowest BCUT2D eigenvalue weighted by molar-refractivity contribution is -0.126. The molecule has 0 aliphatic carbocycles. The summed E-state index contributed by atoms with van der Waals surface area (Å²) in [6.07, 6.45) is 7.52. The van der Waals surface area contributed by atoms with E-state index >= 15 is 0 Å². The molecule has 0 saturated carbocycles. The standard InChI is InChI=1S/C9H14N2O/c10-6-4-5-9(12)11-7-2-1-3-8-11/h4-6,10H,1-3,7-8H2. The van der Waals surface area contributed by atoms with Gasteiger partial charge in [-0.1, -0.05) is 0 Å². The molecule has 1 rings (SSSR count). The summed E-state index contributed by atoms with van der Waals surface area (Å²) in [6.45, 7) is 1.75. The van der Waals surface area contributed by atoms with Crippen LogP contribution in [-0.4, -0.2) is 30.1 Å². The van der Waals surface area contributed by atoms with Crippen LogP contribution in [0.3, 0.4) is 0 Å². The fourth-order valence-corrected chi connectivity index (χ4v) is 1.35. The molecule has 0 atom stereocenters. The van der Waals surface area contributed by atoms with E-state index in [0.29, 0.717) is 0 Å². The zero-order valence-electron chi connectivity index (χ0n) is 7.12. The minimum Gasteiger partial charge on any atom is -0.339 e. The summed E-state index contributed by atoms with van der Waals surface area (Å²) in [6, 6.07) is 0. The highest BCUT2D eigenvalue weighted by molar-refractivity contribution is 5.91. The van der Waals surface area contributed by atoms with Crippen LogP contribution in [0.1, 0.15) is 19.3 Å². The SMILES string of the molecule is N=CC=CC(=O)N1CCCCC1. The van der Waals surface area contributed by atoms with Gasteiger partial charge in [0.25, 0.3) is 0 Å². The summed E-state index contributed by atoms with van der Waals surface area (Å²) >= 11 is 0. The Balaban J connectivity index is 2.39. The van der Waals surface area contributed by atoms with Crippen LogP contribution in [0.15, 0.2) is 12.2 Å². The van der Waals surface area contributed by atoms with Crippen molar-refractivity contribution in [3.63, 3.8) is 0 Å². The van der Waals surface area contributed by atoms with Crippen LogP contribution in [0.25, 0.3) is 0 Å². The second-order valence-electron chi connectivity index (χ2n) is 2.91. The predicted octanol–water partition coefficient (Wildman–Crippen LogP) is 1.20. The molecule has 0 aromatic carbocycles. The van der Waals surface area contributed by atoms with Crippen molar-refractivity contribution >= 4 is 12.1 Å². The lowest BCUT2D eigenvalue weighted by Gasteiger charge is -2.25. The maximum atomic E-state index is 11.3. The highest BCUT2D eigenvalue weighted by Crippen LogP contribution is 2.08.